The van der Waals surface area contributed by atoms with E-state index in [0.29, 0.717) is 11.0 Å². The fourth-order valence-electron chi connectivity index (χ4n) is 4.19. The van der Waals surface area contributed by atoms with Crippen LogP contribution in [0.25, 0.3) is 11.0 Å². The number of nitrogens with one attached hydrogen (secondary N) is 2. The number of aromatic nitrogens is 2. The predicted molar refractivity (Wildman–Crippen MR) is 93.4 cm³/mol. The average Bonchev–Trinajstić information content (AvgIpc) is 2.86. The molecular formula is C18H21FN4O3. The first kappa shape index (κ1) is 17.0. The zero-order valence-corrected chi connectivity index (χ0v) is 14.5. The van der Waals surface area contributed by atoms with Gasteiger partial charge in [-0.15, -0.1) is 0 Å². The summed E-state index contributed by atoms with van der Waals surface area (Å²) in [5, 5.41) is 5.56. The number of imide groups is 1. The van der Waals surface area contributed by atoms with Crippen molar-refractivity contribution in [3.8, 4) is 0 Å². The number of hydrogen-bond donors (Lipinski definition) is 2. The molecular weight excluding hydrogens is 339 g/mol. The fourth-order valence-corrected chi connectivity index (χ4v) is 4.19. The van der Waals surface area contributed by atoms with Gasteiger partial charge in [-0.3, -0.25) is 24.0 Å². The van der Waals surface area contributed by atoms with Crippen molar-refractivity contribution < 1.29 is 14.0 Å². The summed E-state index contributed by atoms with van der Waals surface area (Å²) in [4.78, 5) is 36.6. The van der Waals surface area contributed by atoms with Crippen molar-refractivity contribution in [1.29, 1.82) is 0 Å². The smallest absolute Gasteiger partial charge is 0.317 e. The molecule has 1 unspecified atom stereocenters. The summed E-state index contributed by atoms with van der Waals surface area (Å²) in [5.41, 5.74) is 1.54. The van der Waals surface area contributed by atoms with Crippen LogP contribution in [0.2, 0.25) is 0 Å². The SMILES string of the molecule is Cn1c(=O)n(C2CCC(=O)NC2=O)c2cc(F)cc(C3CCNCC3)c21. The van der Waals surface area contributed by atoms with E-state index in [4.69, 9.17) is 0 Å². The Morgan fingerprint density at radius 1 is 1.12 bits per heavy atom. The highest BCUT2D eigenvalue weighted by molar-refractivity contribution is 6.00. The third kappa shape index (κ3) is 2.65. The van der Waals surface area contributed by atoms with Crippen molar-refractivity contribution in [2.24, 2.45) is 7.05 Å². The van der Waals surface area contributed by atoms with Crippen LogP contribution in [0.5, 0.6) is 0 Å². The molecule has 3 heterocycles. The molecule has 7 nitrogen and oxygen atoms in total. The Morgan fingerprint density at radius 3 is 2.54 bits per heavy atom. The largest absolute Gasteiger partial charge is 0.329 e. The molecule has 1 aromatic heterocycles. The highest BCUT2D eigenvalue weighted by Crippen LogP contribution is 2.33. The molecule has 8 heteroatoms. The Bertz CT molecular complexity index is 955. The summed E-state index contributed by atoms with van der Waals surface area (Å²) in [6, 6.07) is 2.02. The lowest BCUT2D eigenvalue weighted by atomic mass is 9.89. The number of fused-ring (bicyclic) bond motifs is 1. The van der Waals surface area contributed by atoms with Gasteiger partial charge in [0.15, 0.2) is 0 Å². The number of hydrogen-bond acceptors (Lipinski definition) is 4. The van der Waals surface area contributed by atoms with Gasteiger partial charge in [-0.25, -0.2) is 9.18 Å². The molecule has 1 aromatic carbocycles. The van der Waals surface area contributed by atoms with Crippen LogP contribution in [0.15, 0.2) is 16.9 Å². The number of imidazole rings is 1. The van der Waals surface area contributed by atoms with Crippen LogP contribution in [0.3, 0.4) is 0 Å². The number of rotatable bonds is 2. The van der Waals surface area contributed by atoms with Crippen LogP contribution >= 0.6 is 0 Å². The summed E-state index contributed by atoms with van der Waals surface area (Å²) in [6.07, 6.45) is 2.14. The first-order valence-electron chi connectivity index (χ1n) is 8.92. The number of carbonyl (C=O) groups excluding carboxylic acids is 2. The zero-order chi connectivity index (χ0) is 18.4. The number of carbonyl (C=O) groups is 2. The van der Waals surface area contributed by atoms with E-state index in [2.05, 4.69) is 10.6 Å². The zero-order valence-electron chi connectivity index (χ0n) is 14.5. The summed E-state index contributed by atoms with van der Waals surface area (Å²) in [7, 11) is 1.65. The molecule has 2 aliphatic heterocycles. The minimum Gasteiger partial charge on any atom is -0.317 e. The summed E-state index contributed by atoms with van der Waals surface area (Å²) in [6.45, 7) is 1.70. The summed E-state index contributed by atoms with van der Waals surface area (Å²) >= 11 is 0. The van der Waals surface area contributed by atoms with Crippen molar-refractivity contribution in [2.45, 2.75) is 37.6 Å². The monoisotopic (exact) mass is 360 g/mol. The molecule has 0 radical (unpaired) electrons. The maximum Gasteiger partial charge on any atom is 0.329 e. The Morgan fingerprint density at radius 2 is 1.85 bits per heavy atom. The molecule has 2 saturated heterocycles. The van der Waals surface area contributed by atoms with Crippen molar-refractivity contribution in [3.05, 3.63) is 34.0 Å². The van der Waals surface area contributed by atoms with Gasteiger partial charge in [0.1, 0.15) is 11.9 Å². The molecule has 2 amide bonds. The van der Waals surface area contributed by atoms with Gasteiger partial charge in [-0.1, -0.05) is 0 Å². The molecule has 26 heavy (non-hydrogen) atoms. The van der Waals surface area contributed by atoms with E-state index in [1.807, 2.05) is 0 Å². The van der Waals surface area contributed by atoms with Crippen LogP contribution in [0.1, 0.15) is 43.2 Å². The standard InChI is InChI=1S/C18H21FN4O3/c1-22-16-12(10-4-6-20-7-5-10)8-11(19)9-14(16)23(18(22)26)13-2-3-15(24)21-17(13)25/h8-10,13,20H,2-7H2,1H3,(H,21,24,25). The lowest BCUT2D eigenvalue weighted by Crippen LogP contribution is -2.44. The molecule has 0 aliphatic carbocycles. The molecule has 2 aliphatic rings. The number of benzene rings is 1. The first-order chi connectivity index (χ1) is 12.5. The van der Waals surface area contributed by atoms with Gasteiger partial charge in [0.05, 0.1) is 11.0 Å². The van der Waals surface area contributed by atoms with Gasteiger partial charge in [-0.05, 0) is 56.0 Å². The lowest BCUT2D eigenvalue weighted by molar-refractivity contribution is -0.135. The minimum atomic E-state index is -0.799. The van der Waals surface area contributed by atoms with E-state index in [9.17, 15) is 18.8 Å². The van der Waals surface area contributed by atoms with E-state index < -0.39 is 17.8 Å². The van der Waals surface area contributed by atoms with Gasteiger partial charge < -0.3 is 5.32 Å². The number of halogens is 1. The fraction of sp³-hybridized carbons (Fsp3) is 0.500. The Labute approximate surface area is 149 Å². The second-order valence-corrected chi connectivity index (χ2v) is 7.07. The normalized spacial score (nSPS) is 22.0. The second-order valence-electron chi connectivity index (χ2n) is 7.07. The van der Waals surface area contributed by atoms with Crippen LogP contribution < -0.4 is 16.3 Å². The summed E-state index contributed by atoms with van der Waals surface area (Å²) < 4.78 is 17.2. The minimum absolute atomic E-state index is 0.162. The lowest BCUT2D eigenvalue weighted by Gasteiger charge is -2.24. The van der Waals surface area contributed by atoms with E-state index in [1.54, 1.807) is 7.05 Å². The van der Waals surface area contributed by atoms with Crippen molar-refractivity contribution >= 4 is 22.8 Å². The van der Waals surface area contributed by atoms with E-state index >= 15 is 0 Å². The molecule has 1 atom stereocenters. The number of amides is 2. The number of nitrogens with zero attached hydrogens (tertiary/aromatic N) is 2. The Hall–Kier alpha value is -2.48. The van der Waals surface area contributed by atoms with Gasteiger partial charge >= 0.3 is 5.69 Å². The third-order valence-corrected chi connectivity index (χ3v) is 5.47. The highest BCUT2D eigenvalue weighted by atomic mass is 19.1. The van der Waals surface area contributed by atoms with E-state index in [1.165, 1.54) is 21.3 Å². The quantitative estimate of drug-likeness (QED) is 0.780. The van der Waals surface area contributed by atoms with Crippen molar-refractivity contribution in [2.75, 3.05) is 13.1 Å². The second kappa shape index (κ2) is 6.35. The molecule has 2 fully saturated rings. The van der Waals surface area contributed by atoms with E-state index in [0.717, 1.165) is 31.5 Å². The summed E-state index contributed by atoms with van der Waals surface area (Å²) in [5.74, 6) is -1.11. The maximum atomic E-state index is 14.4. The molecule has 0 bridgehead atoms. The van der Waals surface area contributed by atoms with Gasteiger partial charge in [0.25, 0.3) is 0 Å². The van der Waals surface area contributed by atoms with Gasteiger partial charge in [0, 0.05) is 13.5 Å². The first-order valence-corrected chi connectivity index (χ1v) is 8.92. The topological polar surface area (TPSA) is 85.1 Å². The van der Waals surface area contributed by atoms with Gasteiger partial charge in [0.2, 0.25) is 11.8 Å². The average molecular weight is 360 g/mol. The Balaban J connectivity index is 1.91. The van der Waals surface area contributed by atoms with Crippen molar-refractivity contribution in [1.82, 2.24) is 19.8 Å². The van der Waals surface area contributed by atoms with Crippen LogP contribution in [-0.4, -0.2) is 34.0 Å². The number of aryl methyl sites for hydroxylation is 1. The molecule has 4 rings (SSSR count). The van der Waals surface area contributed by atoms with Gasteiger partial charge in [-0.2, -0.15) is 0 Å². The molecule has 0 spiro atoms. The van der Waals surface area contributed by atoms with Crippen LogP contribution in [0.4, 0.5) is 4.39 Å². The van der Waals surface area contributed by atoms with Crippen LogP contribution in [-0.2, 0) is 16.6 Å². The van der Waals surface area contributed by atoms with Crippen LogP contribution in [0, 0.1) is 5.82 Å². The van der Waals surface area contributed by atoms with E-state index in [-0.39, 0.29) is 30.4 Å². The molecule has 0 saturated carbocycles. The molecule has 2 aromatic rings. The predicted octanol–water partition coefficient (Wildman–Crippen LogP) is 0.924. The molecule has 2 N–H and O–H groups in total. The Kier molecular flexibility index (Phi) is 4.14. The number of piperidine rings is 2. The maximum absolute atomic E-state index is 14.4. The highest BCUT2D eigenvalue weighted by Gasteiger charge is 2.32. The third-order valence-electron chi connectivity index (χ3n) is 5.47. The molecule has 138 valence electrons. The van der Waals surface area contributed by atoms with Crippen molar-refractivity contribution in [3.63, 3.8) is 0 Å².